The van der Waals surface area contributed by atoms with E-state index in [4.69, 9.17) is 16.3 Å². The minimum atomic E-state index is -0.101. The van der Waals surface area contributed by atoms with Crippen LogP contribution in [0.25, 0.3) is 21.3 Å². The molecule has 2 fully saturated rings. The predicted molar refractivity (Wildman–Crippen MR) is 132 cm³/mol. The second-order valence-electron chi connectivity index (χ2n) is 8.96. The fourth-order valence-corrected chi connectivity index (χ4v) is 6.63. The Morgan fingerprint density at radius 1 is 1.12 bits per heavy atom. The number of aromatic nitrogens is 1. The number of benzene rings is 1. The van der Waals surface area contributed by atoms with Gasteiger partial charge in [0.1, 0.15) is 5.75 Å². The Labute approximate surface area is 206 Å². The molecule has 0 saturated carbocycles. The zero-order valence-corrected chi connectivity index (χ0v) is 20.3. The highest BCUT2D eigenvalue weighted by molar-refractivity contribution is 7.19. The molecule has 2 aromatic heterocycles. The van der Waals surface area contributed by atoms with E-state index in [-0.39, 0.29) is 17.9 Å². The van der Waals surface area contributed by atoms with Crippen LogP contribution in [0.5, 0.6) is 5.75 Å². The molecule has 9 heteroatoms. The molecule has 3 aromatic rings. The molecule has 1 atom stereocenters. The number of halogens is 1. The van der Waals surface area contributed by atoms with Crippen LogP contribution in [0.3, 0.4) is 0 Å². The summed E-state index contributed by atoms with van der Waals surface area (Å²) in [5.41, 5.74) is 4.18. The third-order valence-electron chi connectivity index (χ3n) is 6.90. The Morgan fingerprint density at radius 3 is 2.71 bits per heavy atom. The number of piperazine rings is 1. The average Bonchev–Trinajstić information content (AvgIpc) is 3.41. The third kappa shape index (κ3) is 3.88. The van der Waals surface area contributed by atoms with Gasteiger partial charge in [0.15, 0.2) is 0 Å². The van der Waals surface area contributed by atoms with Gasteiger partial charge in [-0.05, 0) is 29.8 Å². The van der Waals surface area contributed by atoms with Crippen LogP contribution in [-0.4, -0.2) is 59.4 Å². The summed E-state index contributed by atoms with van der Waals surface area (Å²) in [6, 6.07) is 8.25. The molecule has 2 saturated heterocycles. The first-order valence-electron chi connectivity index (χ1n) is 11.7. The molecule has 2 amide bonds. The van der Waals surface area contributed by atoms with Gasteiger partial charge in [0.25, 0.3) is 0 Å². The van der Waals surface area contributed by atoms with E-state index in [0.717, 1.165) is 64.6 Å². The van der Waals surface area contributed by atoms with Crippen LogP contribution < -0.4 is 10.1 Å². The summed E-state index contributed by atoms with van der Waals surface area (Å²) in [7, 11) is 0. The number of nitrogens with one attached hydrogen (secondary N) is 1. The lowest BCUT2D eigenvalue weighted by molar-refractivity contribution is -0.138. The molecule has 3 aliphatic heterocycles. The lowest BCUT2D eigenvalue weighted by Gasteiger charge is -2.39. The molecule has 1 aromatic carbocycles. The second-order valence-corrected chi connectivity index (χ2v) is 10.5. The molecule has 1 unspecified atom stereocenters. The average molecular weight is 497 g/mol. The number of rotatable bonds is 4. The van der Waals surface area contributed by atoms with Gasteiger partial charge < -0.3 is 10.1 Å². The van der Waals surface area contributed by atoms with Crippen LogP contribution in [0, 0.1) is 0 Å². The standard InChI is InChI=1S/C25H25ClN4O3S/c26-15-11-18(24-20(4-10-33-21(24)12-15)29-8-6-27-7-9-29)17-3-5-28-19-13-16(34-25(17)19)14-30-22(31)1-2-23(30)32/h3,5,11-13,20,27H,1-2,4,6-10,14H2. The number of thiophene rings is 1. The zero-order chi connectivity index (χ0) is 23.2. The minimum absolute atomic E-state index is 0.101. The van der Waals surface area contributed by atoms with Gasteiger partial charge in [0, 0.05) is 78.7 Å². The molecule has 0 radical (unpaired) electrons. The Hall–Kier alpha value is -2.52. The predicted octanol–water partition coefficient (Wildman–Crippen LogP) is 3.99. The molecule has 5 heterocycles. The van der Waals surface area contributed by atoms with Crippen LogP contribution in [0.4, 0.5) is 0 Å². The third-order valence-corrected chi connectivity index (χ3v) is 8.26. The van der Waals surface area contributed by atoms with Crippen LogP contribution >= 0.6 is 22.9 Å². The van der Waals surface area contributed by atoms with Crippen molar-refractivity contribution in [3.05, 3.63) is 45.9 Å². The van der Waals surface area contributed by atoms with E-state index in [1.807, 2.05) is 30.5 Å². The van der Waals surface area contributed by atoms with E-state index < -0.39 is 0 Å². The monoisotopic (exact) mass is 496 g/mol. The lowest BCUT2D eigenvalue weighted by Crippen LogP contribution is -2.46. The van der Waals surface area contributed by atoms with Crippen LogP contribution in [-0.2, 0) is 16.1 Å². The van der Waals surface area contributed by atoms with E-state index in [0.29, 0.717) is 31.0 Å². The summed E-state index contributed by atoms with van der Waals surface area (Å²) in [6.07, 6.45) is 3.35. The number of fused-ring (bicyclic) bond motifs is 2. The summed E-state index contributed by atoms with van der Waals surface area (Å²) in [5.74, 6) is 0.651. The number of imide groups is 1. The number of amides is 2. The summed E-state index contributed by atoms with van der Waals surface area (Å²) >= 11 is 8.16. The highest BCUT2D eigenvalue weighted by Crippen LogP contribution is 2.46. The van der Waals surface area contributed by atoms with Gasteiger partial charge in [0.2, 0.25) is 11.8 Å². The quantitative estimate of drug-likeness (QED) is 0.550. The van der Waals surface area contributed by atoms with Crippen molar-refractivity contribution in [2.75, 3.05) is 32.8 Å². The molecule has 1 N–H and O–H groups in total. The van der Waals surface area contributed by atoms with Gasteiger partial charge >= 0.3 is 0 Å². The SMILES string of the molecule is O=C1CCC(=O)N1Cc1cc2nccc(-c3cc(Cl)cc4c3C(N3CCNCC3)CCO4)c2s1. The van der Waals surface area contributed by atoms with Crippen molar-refractivity contribution in [2.45, 2.75) is 31.8 Å². The molecule has 34 heavy (non-hydrogen) atoms. The van der Waals surface area contributed by atoms with Crippen molar-refractivity contribution in [1.29, 1.82) is 0 Å². The van der Waals surface area contributed by atoms with Gasteiger partial charge in [-0.3, -0.25) is 24.4 Å². The van der Waals surface area contributed by atoms with Crippen LogP contribution in [0.1, 0.15) is 35.7 Å². The maximum Gasteiger partial charge on any atom is 0.230 e. The second kappa shape index (κ2) is 8.92. The largest absolute Gasteiger partial charge is 0.493 e. The fraction of sp³-hybridized carbons (Fsp3) is 0.400. The summed E-state index contributed by atoms with van der Waals surface area (Å²) in [5, 5.41) is 4.09. The number of hydrogen-bond acceptors (Lipinski definition) is 7. The van der Waals surface area contributed by atoms with Crippen LogP contribution in [0.2, 0.25) is 5.02 Å². The molecule has 7 nitrogen and oxygen atoms in total. The molecule has 0 bridgehead atoms. The highest BCUT2D eigenvalue weighted by Gasteiger charge is 2.32. The lowest BCUT2D eigenvalue weighted by atomic mass is 9.90. The molecule has 0 aliphatic carbocycles. The van der Waals surface area contributed by atoms with Gasteiger partial charge in [-0.15, -0.1) is 11.3 Å². The van der Waals surface area contributed by atoms with Gasteiger partial charge in [0.05, 0.1) is 23.4 Å². The van der Waals surface area contributed by atoms with E-state index in [1.165, 1.54) is 10.5 Å². The first-order chi connectivity index (χ1) is 16.6. The van der Waals surface area contributed by atoms with E-state index in [9.17, 15) is 9.59 Å². The Morgan fingerprint density at radius 2 is 1.91 bits per heavy atom. The Kier molecular flexibility index (Phi) is 5.77. The number of ether oxygens (including phenoxy) is 1. The Balaban J connectivity index is 1.45. The number of pyridine rings is 1. The number of nitrogens with zero attached hydrogens (tertiary/aromatic N) is 3. The van der Waals surface area contributed by atoms with Crippen molar-refractivity contribution < 1.29 is 14.3 Å². The topological polar surface area (TPSA) is 74.8 Å². The van der Waals surface area contributed by atoms with Gasteiger partial charge in [-0.1, -0.05) is 11.6 Å². The van der Waals surface area contributed by atoms with Crippen molar-refractivity contribution in [3.8, 4) is 16.9 Å². The normalized spacial score (nSPS) is 21.2. The fourth-order valence-electron chi connectivity index (χ4n) is 5.30. The summed E-state index contributed by atoms with van der Waals surface area (Å²) < 4.78 is 7.13. The summed E-state index contributed by atoms with van der Waals surface area (Å²) in [6.45, 7) is 4.94. The van der Waals surface area contributed by atoms with Gasteiger partial charge in [-0.2, -0.15) is 0 Å². The van der Waals surface area contributed by atoms with E-state index in [2.05, 4.69) is 15.2 Å². The maximum atomic E-state index is 12.1. The smallest absolute Gasteiger partial charge is 0.230 e. The van der Waals surface area contributed by atoms with Gasteiger partial charge in [-0.25, -0.2) is 0 Å². The number of likely N-dealkylation sites (tertiary alicyclic amines) is 1. The molecular weight excluding hydrogens is 472 g/mol. The minimum Gasteiger partial charge on any atom is -0.493 e. The van der Waals surface area contributed by atoms with Crippen molar-refractivity contribution in [3.63, 3.8) is 0 Å². The highest BCUT2D eigenvalue weighted by atomic mass is 35.5. The molecule has 0 spiro atoms. The Bertz CT molecular complexity index is 1270. The number of carbonyl (C=O) groups is 2. The molecule has 3 aliphatic rings. The number of carbonyl (C=O) groups excluding carboxylic acids is 2. The first-order valence-corrected chi connectivity index (χ1v) is 12.9. The number of hydrogen-bond donors (Lipinski definition) is 1. The molecular formula is C25H25ClN4O3S. The van der Waals surface area contributed by atoms with Crippen LogP contribution in [0.15, 0.2) is 30.5 Å². The van der Waals surface area contributed by atoms with Crippen molar-refractivity contribution in [2.24, 2.45) is 0 Å². The summed E-state index contributed by atoms with van der Waals surface area (Å²) in [4.78, 5) is 33.7. The maximum absolute atomic E-state index is 12.1. The van der Waals surface area contributed by atoms with E-state index in [1.54, 1.807) is 11.3 Å². The van der Waals surface area contributed by atoms with E-state index >= 15 is 0 Å². The first kappa shape index (κ1) is 22.0. The van der Waals surface area contributed by atoms with Crippen molar-refractivity contribution in [1.82, 2.24) is 20.1 Å². The zero-order valence-electron chi connectivity index (χ0n) is 18.7. The molecule has 6 rings (SSSR count). The molecule has 176 valence electrons. The van der Waals surface area contributed by atoms with Crippen molar-refractivity contribution >= 4 is 45.0 Å².